The standard InChI is InChI=1S/C19H15BrINO5/c1-25-19(24)22-15-11-8-5-9-12(20)13(11)14(21)17(22)27-18(23)16(15)26-10-6-3-2-4-7-10/h2-9,14-17H,1H3/t14-,15+,16+,17+/m0/s1. The molecule has 0 spiro atoms. The number of para-hydroxylation sites is 1. The molecule has 0 aromatic heterocycles. The molecule has 0 aliphatic carbocycles. The van der Waals surface area contributed by atoms with Gasteiger partial charge >= 0.3 is 12.1 Å². The van der Waals surface area contributed by atoms with Crippen LogP contribution in [0.4, 0.5) is 4.79 Å². The molecule has 4 rings (SSSR count). The average Bonchev–Trinajstić information content (AvgIpc) is 2.68. The zero-order chi connectivity index (χ0) is 19.1. The maximum absolute atomic E-state index is 12.8. The lowest BCUT2D eigenvalue weighted by molar-refractivity contribution is -0.191. The summed E-state index contributed by atoms with van der Waals surface area (Å²) in [6.45, 7) is 0. The van der Waals surface area contributed by atoms with Gasteiger partial charge in [-0.3, -0.25) is 4.90 Å². The van der Waals surface area contributed by atoms with E-state index in [2.05, 4.69) is 38.5 Å². The van der Waals surface area contributed by atoms with Gasteiger partial charge < -0.3 is 14.2 Å². The zero-order valence-electron chi connectivity index (χ0n) is 14.2. The number of fused-ring (bicyclic) bond motifs is 4. The molecule has 1 amide bonds. The minimum atomic E-state index is -1.00. The Labute approximate surface area is 178 Å². The van der Waals surface area contributed by atoms with Crippen LogP contribution in [0.25, 0.3) is 0 Å². The molecular weight excluding hydrogens is 529 g/mol. The number of alkyl halides is 1. The van der Waals surface area contributed by atoms with Gasteiger partial charge in [-0.1, -0.05) is 68.9 Å². The number of amides is 1. The van der Waals surface area contributed by atoms with Crippen molar-refractivity contribution in [3.63, 3.8) is 0 Å². The molecule has 0 radical (unpaired) electrons. The van der Waals surface area contributed by atoms with Gasteiger partial charge in [0.05, 0.1) is 11.0 Å². The fraction of sp³-hybridized carbons (Fsp3) is 0.263. The van der Waals surface area contributed by atoms with Gasteiger partial charge in [-0.05, 0) is 29.3 Å². The molecule has 140 valence electrons. The SMILES string of the molecule is COC(=O)N1[C@@H]2OC(=O)[C@H](Oc3ccccc3)[C@H]1c1cccc(Br)c1[C@@H]2I. The highest BCUT2D eigenvalue weighted by Gasteiger charge is 2.56. The Morgan fingerprint density at radius 1 is 1.19 bits per heavy atom. The van der Waals surface area contributed by atoms with E-state index in [1.807, 2.05) is 36.4 Å². The van der Waals surface area contributed by atoms with Crippen molar-refractivity contribution in [1.82, 2.24) is 4.90 Å². The number of hydrogen-bond acceptors (Lipinski definition) is 5. The number of carbonyl (C=O) groups excluding carboxylic acids is 2. The van der Waals surface area contributed by atoms with E-state index in [0.29, 0.717) is 5.75 Å². The molecule has 4 atom stereocenters. The minimum absolute atomic E-state index is 0.245. The number of methoxy groups -OCH3 is 1. The van der Waals surface area contributed by atoms with Crippen molar-refractivity contribution in [2.75, 3.05) is 7.11 Å². The summed E-state index contributed by atoms with van der Waals surface area (Å²) in [6.07, 6.45) is -2.33. The van der Waals surface area contributed by atoms with Gasteiger partial charge in [0.15, 0.2) is 6.23 Å². The number of rotatable bonds is 2. The largest absolute Gasteiger partial charge is 0.476 e. The van der Waals surface area contributed by atoms with Crippen LogP contribution >= 0.6 is 38.5 Å². The highest BCUT2D eigenvalue weighted by molar-refractivity contribution is 14.1. The molecule has 2 bridgehead atoms. The number of benzene rings is 2. The molecule has 0 unspecified atom stereocenters. The van der Waals surface area contributed by atoms with E-state index in [-0.39, 0.29) is 3.92 Å². The summed E-state index contributed by atoms with van der Waals surface area (Å²) in [5, 5.41) is 0. The van der Waals surface area contributed by atoms with Gasteiger partial charge in [0.25, 0.3) is 0 Å². The van der Waals surface area contributed by atoms with Crippen LogP contribution in [-0.2, 0) is 14.3 Å². The van der Waals surface area contributed by atoms with E-state index in [4.69, 9.17) is 14.2 Å². The molecule has 2 aliphatic heterocycles. The smallest absolute Gasteiger partial charge is 0.413 e. The third kappa shape index (κ3) is 3.08. The van der Waals surface area contributed by atoms with Crippen molar-refractivity contribution in [3.05, 3.63) is 64.1 Å². The number of ether oxygens (including phenoxy) is 3. The summed E-state index contributed by atoms with van der Waals surface area (Å²) in [6, 6.07) is 14.1. The van der Waals surface area contributed by atoms with Crippen LogP contribution in [0.15, 0.2) is 53.0 Å². The van der Waals surface area contributed by atoms with Crippen LogP contribution in [0.1, 0.15) is 21.1 Å². The lowest BCUT2D eigenvalue weighted by Gasteiger charge is -2.49. The fourth-order valence-corrected chi connectivity index (χ4v) is 5.76. The van der Waals surface area contributed by atoms with E-state index >= 15 is 0 Å². The van der Waals surface area contributed by atoms with Crippen LogP contribution in [0.3, 0.4) is 0 Å². The highest BCUT2D eigenvalue weighted by atomic mass is 127. The highest BCUT2D eigenvalue weighted by Crippen LogP contribution is 2.51. The molecule has 1 saturated heterocycles. The van der Waals surface area contributed by atoms with Crippen LogP contribution in [0.5, 0.6) is 5.75 Å². The van der Waals surface area contributed by atoms with Crippen molar-refractivity contribution in [2.24, 2.45) is 0 Å². The van der Waals surface area contributed by atoms with Crippen LogP contribution in [0, 0.1) is 0 Å². The molecule has 2 aromatic rings. The Hall–Kier alpha value is -1.81. The first kappa shape index (κ1) is 18.5. The van der Waals surface area contributed by atoms with Crippen LogP contribution in [0.2, 0.25) is 0 Å². The molecule has 27 heavy (non-hydrogen) atoms. The predicted octanol–water partition coefficient (Wildman–Crippen LogP) is 4.38. The maximum Gasteiger partial charge on any atom is 0.413 e. The van der Waals surface area contributed by atoms with E-state index in [9.17, 15) is 9.59 Å². The Morgan fingerprint density at radius 2 is 1.93 bits per heavy atom. The molecule has 2 aromatic carbocycles. The second-order valence-corrected chi connectivity index (χ2v) is 8.34. The third-order valence-electron chi connectivity index (χ3n) is 4.65. The van der Waals surface area contributed by atoms with Crippen molar-refractivity contribution in [2.45, 2.75) is 22.3 Å². The molecule has 0 saturated carbocycles. The first-order chi connectivity index (χ1) is 13.0. The number of nitrogens with zero attached hydrogens (tertiary/aromatic N) is 1. The summed E-state index contributed by atoms with van der Waals surface area (Å²) < 4.78 is 17.2. The predicted molar refractivity (Wildman–Crippen MR) is 109 cm³/mol. The molecule has 0 N–H and O–H groups in total. The Morgan fingerprint density at radius 3 is 2.63 bits per heavy atom. The van der Waals surface area contributed by atoms with Gasteiger partial charge in [-0.15, -0.1) is 0 Å². The summed E-state index contributed by atoms with van der Waals surface area (Å²) in [4.78, 5) is 26.8. The fourth-order valence-electron chi connectivity index (χ4n) is 3.52. The Bertz CT molecular complexity index is 893. The molecular formula is C19H15BrINO5. The van der Waals surface area contributed by atoms with E-state index in [0.717, 1.165) is 15.6 Å². The maximum atomic E-state index is 12.8. The van der Waals surface area contributed by atoms with Crippen molar-refractivity contribution in [3.8, 4) is 5.75 Å². The minimum Gasteiger partial charge on any atom is -0.476 e. The molecule has 1 fully saturated rings. The van der Waals surface area contributed by atoms with Crippen molar-refractivity contribution < 1.29 is 23.8 Å². The lowest BCUT2D eigenvalue weighted by atomic mass is 9.87. The Kier molecular flexibility index (Phi) is 5.02. The van der Waals surface area contributed by atoms with Crippen LogP contribution in [-0.4, -0.2) is 36.4 Å². The van der Waals surface area contributed by atoms with Crippen molar-refractivity contribution >= 4 is 50.6 Å². The van der Waals surface area contributed by atoms with Gasteiger partial charge in [0.1, 0.15) is 11.8 Å². The normalized spacial score (nSPS) is 26.0. The second-order valence-electron chi connectivity index (χ2n) is 6.15. The summed E-state index contributed by atoms with van der Waals surface area (Å²) in [7, 11) is 1.31. The lowest BCUT2D eigenvalue weighted by Crippen LogP contribution is -2.61. The van der Waals surface area contributed by atoms with E-state index < -0.39 is 30.4 Å². The van der Waals surface area contributed by atoms with Gasteiger partial charge in [-0.25, -0.2) is 9.59 Å². The van der Waals surface area contributed by atoms with Crippen molar-refractivity contribution in [1.29, 1.82) is 0 Å². The van der Waals surface area contributed by atoms with E-state index in [1.165, 1.54) is 12.0 Å². The summed E-state index contributed by atoms with van der Waals surface area (Å²) in [5.41, 5.74) is 1.82. The summed E-state index contributed by atoms with van der Waals surface area (Å²) >= 11 is 5.77. The molecule has 2 aliphatic rings. The van der Waals surface area contributed by atoms with Gasteiger partial charge in [0.2, 0.25) is 6.10 Å². The van der Waals surface area contributed by atoms with Crippen LogP contribution < -0.4 is 4.74 Å². The Balaban J connectivity index is 1.85. The first-order valence-electron chi connectivity index (χ1n) is 8.23. The number of carbonyl (C=O) groups is 2. The second kappa shape index (κ2) is 7.31. The summed E-state index contributed by atoms with van der Waals surface area (Å²) in [5.74, 6) is 0.0251. The molecule has 6 nitrogen and oxygen atoms in total. The topological polar surface area (TPSA) is 65.1 Å². The zero-order valence-corrected chi connectivity index (χ0v) is 17.9. The quantitative estimate of drug-likeness (QED) is 0.319. The van der Waals surface area contributed by atoms with Gasteiger partial charge in [0, 0.05) is 4.47 Å². The molecule has 2 heterocycles. The van der Waals surface area contributed by atoms with E-state index in [1.54, 1.807) is 12.1 Å². The average molecular weight is 544 g/mol. The number of hydrogen-bond donors (Lipinski definition) is 0. The number of esters is 1. The monoisotopic (exact) mass is 543 g/mol. The first-order valence-corrected chi connectivity index (χ1v) is 10.3. The van der Waals surface area contributed by atoms with Gasteiger partial charge in [-0.2, -0.15) is 0 Å². The number of halogens is 2. The molecule has 8 heteroatoms. The third-order valence-corrected chi connectivity index (χ3v) is 6.58.